The number of rotatable bonds is 4. The van der Waals surface area contributed by atoms with Gasteiger partial charge in [-0.3, -0.25) is 0 Å². The summed E-state index contributed by atoms with van der Waals surface area (Å²) < 4.78 is 16.8. The lowest BCUT2D eigenvalue weighted by Gasteiger charge is -2.14. The lowest BCUT2D eigenvalue weighted by molar-refractivity contribution is 0.0801. The highest BCUT2D eigenvalue weighted by atomic mass is 19.1. The highest BCUT2D eigenvalue weighted by molar-refractivity contribution is 5.63. The maximum Gasteiger partial charge on any atom is 0.137 e. The van der Waals surface area contributed by atoms with Crippen molar-refractivity contribution in [3.8, 4) is 16.9 Å². The van der Waals surface area contributed by atoms with Crippen LogP contribution in [0.3, 0.4) is 0 Å². The minimum atomic E-state index is -0.810. The van der Waals surface area contributed by atoms with E-state index in [1.165, 1.54) is 12.1 Å². The lowest BCUT2D eigenvalue weighted by Crippen LogP contribution is -2.21. The summed E-state index contributed by atoms with van der Waals surface area (Å²) in [5, 5.41) is 18.5. The van der Waals surface area contributed by atoms with Crippen molar-refractivity contribution in [1.82, 2.24) is 24.4 Å². The van der Waals surface area contributed by atoms with Crippen LogP contribution in [-0.4, -0.2) is 35.1 Å². The summed E-state index contributed by atoms with van der Waals surface area (Å²) in [5.41, 5.74) is 4.09. The van der Waals surface area contributed by atoms with Crippen LogP contribution in [0.1, 0.15) is 25.2 Å². The van der Waals surface area contributed by atoms with Gasteiger partial charge in [0.15, 0.2) is 0 Å². The third-order valence-corrected chi connectivity index (χ3v) is 4.35. The summed E-state index contributed by atoms with van der Waals surface area (Å²) in [6.45, 7) is 5.45. The number of benzene rings is 1. The second-order valence-electron chi connectivity index (χ2n) is 7.32. The SMILES string of the molecule is Cc1c(-c2ccc3nc(CC(C)(C)O)cn3c2)nnn1-c1ccc(F)cc1. The zero-order valence-corrected chi connectivity index (χ0v) is 15.4. The molecule has 0 bridgehead atoms. The molecule has 1 N–H and O–H groups in total. The van der Waals surface area contributed by atoms with Gasteiger partial charge in [-0.15, -0.1) is 5.10 Å². The molecule has 3 heterocycles. The van der Waals surface area contributed by atoms with Crippen molar-refractivity contribution >= 4 is 5.65 Å². The first-order valence-electron chi connectivity index (χ1n) is 8.69. The maximum absolute atomic E-state index is 13.2. The zero-order valence-electron chi connectivity index (χ0n) is 15.4. The molecule has 0 radical (unpaired) electrons. The van der Waals surface area contributed by atoms with E-state index in [2.05, 4.69) is 15.3 Å². The maximum atomic E-state index is 13.2. The molecule has 0 aliphatic carbocycles. The lowest BCUT2D eigenvalue weighted by atomic mass is 10.0. The van der Waals surface area contributed by atoms with Crippen LogP contribution in [0.15, 0.2) is 48.8 Å². The molecule has 0 atom stereocenters. The molecule has 1 aromatic carbocycles. The van der Waals surface area contributed by atoms with Gasteiger partial charge >= 0.3 is 0 Å². The topological polar surface area (TPSA) is 68.2 Å². The van der Waals surface area contributed by atoms with Crippen LogP contribution in [0.4, 0.5) is 4.39 Å². The smallest absolute Gasteiger partial charge is 0.137 e. The number of nitrogens with zero attached hydrogens (tertiary/aromatic N) is 5. The van der Waals surface area contributed by atoms with E-state index in [1.807, 2.05) is 35.9 Å². The van der Waals surface area contributed by atoms with Crippen LogP contribution in [0.5, 0.6) is 0 Å². The quantitative estimate of drug-likeness (QED) is 0.602. The third-order valence-electron chi connectivity index (χ3n) is 4.35. The molecule has 6 nitrogen and oxygen atoms in total. The first kappa shape index (κ1) is 17.4. The molecular formula is C20H20FN5O. The fraction of sp³-hybridized carbons (Fsp3) is 0.250. The second-order valence-corrected chi connectivity index (χ2v) is 7.32. The summed E-state index contributed by atoms with van der Waals surface area (Å²) in [6.07, 6.45) is 4.34. The molecule has 0 fully saturated rings. The Morgan fingerprint density at radius 1 is 1.07 bits per heavy atom. The van der Waals surface area contributed by atoms with Crippen molar-refractivity contribution < 1.29 is 9.50 Å². The van der Waals surface area contributed by atoms with Crippen molar-refractivity contribution in [3.05, 3.63) is 66.0 Å². The number of aliphatic hydroxyl groups is 1. The van der Waals surface area contributed by atoms with Crippen LogP contribution in [-0.2, 0) is 6.42 Å². The number of imidazole rings is 1. The van der Waals surface area contributed by atoms with E-state index in [0.29, 0.717) is 6.42 Å². The van der Waals surface area contributed by atoms with E-state index < -0.39 is 5.60 Å². The number of hydrogen-bond donors (Lipinski definition) is 1. The van der Waals surface area contributed by atoms with Crippen molar-refractivity contribution in [3.63, 3.8) is 0 Å². The standard InChI is InChI=1S/C20H20FN5O/c1-13-19(23-24-26(13)17-7-5-15(21)6-8-17)14-4-9-18-22-16(10-20(2,3)27)12-25(18)11-14/h4-9,11-12,27H,10H2,1-3H3. The minimum absolute atomic E-state index is 0.288. The van der Waals surface area contributed by atoms with Gasteiger partial charge in [-0.25, -0.2) is 14.1 Å². The van der Waals surface area contributed by atoms with Gasteiger partial charge in [-0.2, -0.15) is 0 Å². The molecule has 0 unspecified atom stereocenters. The van der Waals surface area contributed by atoms with Gasteiger partial charge in [0.1, 0.15) is 17.2 Å². The van der Waals surface area contributed by atoms with Crippen molar-refractivity contribution in [2.45, 2.75) is 32.8 Å². The predicted octanol–water partition coefficient (Wildman–Crippen LogP) is 3.34. The molecule has 0 amide bonds. The highest BCUT2D eigenvalue weighted by Gasteiger charge is 2.17. The van der Waals surface area contributed by atoms with E-state index >= 15 is 0 Å². The molecule has 0 saturated carbocycles. The van der Waals surface area contributed by atoms with Crippen molar-refractivity contribution in [1.29, 1.82) is 0 Å². The van der Waals surface area contributed by atoms with Crippen LogP contribution in [0, 0.1) is 12.7 Å². The first-order chi connectivity index (χ1) is 12.8. The van der Waals surface area contributed by atoms with E-state index in [0.717, 1.165) is 34.0 Å². The highest BCUT2D eigenvalue weighted by Crippen LogP contribution is 2.24. The molecule has 3 aromatic heterocycles. The molecule has 7 heteroatoms. The number of pyridine rings is 1. The fourth-order valence-corrected chi connectivity index (χ4v) is 3.14. The van der Waals surface area contributed by atoms with E-state index in [4.69, 9.17) is 0 Å². The van der Waals surface area contributed by atoms with Gasteiger partial charge in [-0.05, 0) is 57.2 Å². The Kier molecular flexibility index (Phi) is 4.04. The van der Waals surface area contributed by atoms with Crippen LogP contribution < -0.4 is 0 Å². The van der Waals surface area contributed by atoms with Gasteiger partial charge in [0, 0.05) is 24.4 Å². The summed E-state index contributed by atoms with van der Waals surface area (Å²) in [7, 11) is 0. The zero-order chi connectivity index (χ0) is 19.2. The molecule has 4 aromatic rings. The Morgan fingerprint density at radius 3 is 2.52 bits per heavy atom. The third kappa shape index (κ3) is 3.46. The second kappa shape index (κ2) is 6.28. The van der Waals surface area contributed by atoms with Gasteiger partial charge < -0.3 is 9.51 Å². The first-order valence-corrected chi connectivity index (χ1v) is 8.69. The average molecular weight is 365 g/mol. The summed E-state index contributed by atoms with van der Waals surface area (Å²) >= 11 is 0. The van der Waals surface area contributed by atoms with Gasteiger partial charge in [0.25, 0.3) is 0 Å². The molecular weight excluding hydrogens is 345 g/mol. The molecule has 0 aliphatic heterocycles. The van der Waals surface area contributed by atoms with Crippen LogP contribution in [0.25, 0.3) is 22.6 Å². The Hall–Kier alpha value is -3.06. The van der Waals surface area contributed by atoms with E-state index in [1.54, 1.807) is 30.7 Å². The number of halogens is 1. The van der Waals surface area contributed by atoms with E-state index in [-0.39, 0.29) is 5.82 Å². The average Bonchev–Trinajstić information content (AvgIpc) is 3.16. The molecule has 4 rings (SSSR count). The molecule has 138 valence electrons. The van der Waals surface area contributed by atoms with Crippen LogP contribution in [0.2, 0.25) is 0 Å². The monoisotopic (exact) mass is 365 g/mol. The molecule has 0 saturated heterocycles. The number of aromatic nitrogens is 5. The normalized spacial score (nSPS) is 12.0. The Morgan fingerprint density at radius 2 is 1.81 bits per heavy atom. The Labute approximate surface area is 155 Å². The van der Waals surface area contributed by atoms with E-state index in [9.17, 15) is 9.50 Å². The largest absolute Gasteiger partial charge is 0.390 e. The van der Waals surface area contributed by atoms with Gasteiger partial charge in [0.2, 0.25) is 0 Å². The van der Waals surface area contributed by atoms with Gasteiger partial charge in [0.05, 0.1) is 22.7 Å². The van der Waals surface area contributed by atoms with Crippen molar-refractivity contribution in [2.75, 3.05) is 0 Å². The Balaban J connectivity index is 1.71. The van der Waals surface area contributed by atoms with Crippen molar-refractivity contribution in [2.24, 2.45) is 0 Å². The minimum Gasteiger partial charge on any atom is -0.390 e. The Bertz CT molecular complexity index is 1110. The number of fused-ring (bicyclic) bond motifs is 1. The molecule has 0 spiro atoms. The van der Waals surface area contributed by atoms with Gasteiger partial charge in [-0.1, -0.05) is 5.21 Å². The van der Waals surface area contributed by atoms with Crippen LogP contribution >= 0.6 is 0 Å². The summed E-state index contributed by atoms with van der Waals surface area (Å²) in [5.74, 6) is -0.288. The molecule has 0 aliphatic rings. The molecule has 27 heavy (non-hydrogen) atoms. The summed E-state index contributed by atoms with van der Waals surface area (Å²) in [6, 6.07) is 10.0. The number of hydrogen-bond acceptors (Lipinski definition) is 4. The fourth-order valence-electron chi connectivity index (χ4n) is 3.14. The predicted molar refractivity (Wildman–Crippen MR) is 100 cm³/mol. The summed E-state index contributed by atoms with van der Waals surface area (Å²) in [4.78, 5) is 4.54.